The quantitative estimate of drug-likeness (QED) is 0.626. The first-order valence-corrected chi connectivity index (χ1v) is 4.48. The Hall–Kier alpha value is -0.0200. The summed E-state index contributed by atoms with van der Waals surface area (Å²) in [6.45, 7) is 4.76. The lowest BCUT2D eigenvalue weighted by Crippen LogP contribution is -2.12. The molecule has 0 aliphatic heterocycles. The van der Waals surface area contributed by atoms with E-state index >= 15 is 0 Å². The molecular formula is C7H15NOS. The Morgan fingerprint density at radius 1 is 1.60 bits per heavy atom. The Balaban J connectivity index is 3.22. The van der Waals surface area contributed by atoms with Gasteiger partial charge in [-0.15, -0.1) is 0 Å². The van der Waals surface area contributed by atoms with Crippen molar-refractivity contribution >= 4 is 16.9 Å². The second kappa shape index (κ2) is 5.74. The van der Waals surface area contributed by atoms with E-state index in [1.165, 1.54) is 11.8 Å². The number of carbonyl (C=O) groups is 1. The van der Waals surface area contributed by atoms with Crippen molar-refractivity contribution in [3.05, 3.63) is 0 Å². The van der Waals surface area contributed by atoms with Crippen LogP contribution in [0.4, 0.5) is 0 Å². The van der Waals surface area contributed by atoms with Crippen LogP contribution in [-0.2, 0) is 4.79 Å². The van der Waals surface area contributed by atoms with E-state index < -0.39 is 0 Å². The van der Waals surface area contributed by atoms with Crippen molar-refractivity contribution in [1.82, 2.24) is 5.32 Å². The Labute approximate surface area is 66.8 Å². The van der Waals surface area contributed by atoms with Crippen molar-refractivity contribution in [2.24, 2.45) is 5.92 Å². The average Bonchev–Trinajstić information content (AvgIpc) is 1.88. The van der Waals surface area contributed by atoms with Crippen molar-refractivity contribution in [3.63, 3.8) is 0 Å². The topological polar surface area (TPSA) is 29.1 Å². The molecule has 0 rings (SSSR count). The Morgan fingerprint density at radius 2 is 2.20 bits per heavy atom. The van der Waals surface area contributed by atoms with Gasteiger partial charge >= 0.3 is 0 Å². The van der Waals surface area contributed by atoms with Crippen molar-refractivity contribution < 1.29 is 4.79 Å². The van der Waals surface area contributed by atoms with Crippen LogP contribution in [0.5, 0.6) is 0 Å². The summed E-state index contributed by atoms with van der Waals surface area (Å²) in [5.41, 5.74) is 0. The van der Waals surface area contributed by atoms with E-state index in [1.807, 2.05) is 20.9 Å². The van der Waals surface area contributed by atoms with Crippen LogP contribution in [0, 0.1) is 5.92 Å². The van der Waals surface area contributed by atoms with Crippen LogP contribution in [0.1, 0.15) is 13.8 Å². The predicted octanol–water partition coefficient (Wildman–Crippen LogP) is 1.12. The molecule has 0 aliphatic carbocycles. The van der Waals surface area contributed by atoms with Gasteiger partial charge in [0.15, 0.2) is 5.12 Å². The van der Waals surface area contributed by atoms with E-state index in [0.717, 1.165) is 12.3 Å². The molecule has 60 valence electrons. The minimum atomic E-state index is 0.168. The number of rotatable bonds is 4. The van der Waals surface area contributed by atoms with E-state index in [2.05, 4.69) is 5.32 Å². The van der Waals surface area contributed by atoms with Gasteiger partial charge in [0.2, 0.25) is 0 Å². The third-order valence-corrected chi connectivity index (χ3v) is 2.23. The molecule has 0 amide bonds. The first-order valence-electron chi connectivity index (χ1n) is 3.49. The molecule has 0 atom stereocenters. The van der Waals surface area contributed by atoms with E-state index in [-0.39, 0.29) is 11.0 Å². The molecule has 0 heterocycles. The number of thioether (sulfide) groups is 1. The van der Waals surface area contributed by atoms with Crippen molar-refractivity contribution in [2.45, 2.75) is 13.8 Å². The number of nitrogens with one attached hydrogen (secondary N) is 1. The zero-order valence-electron chi connectivity index (χ0n) is 6.81. The molecule has 0 aliphatic rings. The third-order valence-electron chi connectivity index (χ3n) is 1.07. The second-order valence-electron chi connectivity index (χ2n) is 2.43. The summed E-state index contributed by atoms with van der Waals surface area (Å²) in [5.74, 6) is 1.05. The summed E-state index contributed by atoms with van der Waals surface area (Å²) < 4.78 is 0. The first kappa shape index (κ1) is 9.98. The lowest BCUT2D eigenvalue weighted by molar-refractivity contribution is -0.113. The lowest BCUT2D eigenvalue weighted by atomic mass is 10.3. The van der Waals surface area contributed by atoms with Gasteiger partial charge in [-0.05, 0) is 7.05 Å². The minimum Gasteiger partial charge on any atom is -0.319 e. The highest BCUT2D eigenvalue weighted by Crippen LogP contribution is 2.08. The summed E-state index contributed by atoms with van der Waals surface area (Å²) in [6, 6.07) is 0. The van der Waals surface area contributed by atoms with Gasteiger partial charge in [-0.1, -0.05) is 25.6 Å². The molecule has 0 radical (unpaired) electrons. The molecular weight excluding hydrogens is 146 g/mol. The highest BCUT2D eigenvalue weighted by Gasteiger charge is 2.05. The molecule has 0 aromatic rings. The fourth-order valence-corrected chi connectivity index (χ4v) is 1.26. The number of carbonyl (C=O) groups excluding carboxylic acids is 1. The molecule has 0 unspecified atom stereocenters. The van der Waals surface area contributed by atoms with Crippen molar-refractivity contribution in [2.75, 3.05) is 19.3 Å². The molecule has 0 saturated carbocycles. The zero-order valence-corrected chi connectivity index (χ0v) is 7.62. The second-order valence-corrected chi connectivity index (χ2v) is 3.53. The number of hydrogen-bond donors (Lipinski definition) is 1. The van der Waals surface area contributed by atoms with Crippen LogP contribution in [0.2, 0.25) is 0 Å². The molecule has 0 spiro atoms. The summed E-state index contributed by atoms with van der Waals surface area (Å²) in [4.78, 5) is 11.0. The molecule has 3 heteroatoms. The smallest absolute Gasteiger partial charge is 0.191 e. The first-order chi connectivity index (χ1) is 4.68. The van der Waals surface area contributed by atoms with Crippen LogP contribution in [0.15, 0.2) is 0 Å². The Kier molecular flexibility index (Phi) is 5.73. The number of hydrogen-bond acceptors (Lipinski definition) is 3. The van der Waals surface area contributed by atoms with Crippen LogP contribution in [0.3, 0.4) is 0 Å². The molecule has 10 heavy (non-hydrogen) atoms. The molecule has 2 nitrogen and oxygen atoms in total. The highest BCUT2D eigenvalue weighted by molar-refractivity contribution is 8.13. The zero-order chi connectivity index (χ0) is 7.98. The molecule has 0 bridgehead atoms. The standard InChI is InChI=1S/C7H15NOS/c1-6(2)7(9)10-5-4-8-3/h6,8H,4-5H2,1-3H3. The van der Waals surface area contributed by atoms with Gasteiger partial charge in [-0.2, -0.15) is 0 Å². The van der Waals surface area contributed by atoms with Gasteiger partial charge in [-0.3, -0.25) is 4.79 Å². The van der Waals surface area contributed by atoms with E-state index in [0.29, 0.717) is 0 Å². The molecule has 0 saturated heterocycles. The van der Waals surface area contributed by atoms with Crippen LogP contribution >= 0.6 is 11.8 Å². The SMILES string of the molecule is CNCCSC(=O)C(C)C. The Bertz CT molecular complexity index is 104. The molecule has 0 aromatic heterocycles. The van der Waals surface area contributed by atoms with Gasteiger partial charge in [0.25, 0.3) is 0 Å². The van der Waals surface area contributed by atoms with Crippen LogP contribution in [-0.4, -0.2) is 24.5 Å². The monoisotopic (exact) mass is 161 g/mol. The molecule has 0 aromatic carbocycles. The van der Waals surface area contributed by atoms with Gasteiger partial charge < -0.3 is 5.32 Å². The van der Waals surface area contributed by atoms with Gasteiger partial charge in [-0.25, -0.2) is 0 Å². The lowest BCUT2D eigenvalue weighted by Gasteiger charge is -2.01. The van der Waals surface area contributed by atoms with Crippen molar-refractivity contribution in [1.29, 1.82) is 0 Å². The highest BCUT2D eigenvalue weighted by atomic mass is 32.2. The third kappa shape index (κ3) is 4.82. The van der Waals surface area contributed by atoms with Crippen LogP contribution < -0.4 is 5.32 Å². The largest absolute Gasteiger partial charge is 0.319 e. The summed E-state index contributed by atoms with van der Waals surface area (Å²) >= 11 is 1.41. The van der Waals surface area contributed by atoms with E-state index in [1.54, 1.807) is 0 Å². The fraction of sp³-hybridized carbons (Fsp3) is 0.857. The van der Waals surface area contributed by atoms with E-state index in [4.69, 9.17) is 0 Å². The summed E-state index contributed by atoms with van der Waals surface area (Å²) in [7, 11) is 1.89. The normalized spacial score (nSPS) is 10.4. The Morgan fingerprint density at radius 3 is 2.60 bits per heavy atom. The van der Waals surface area contributed by atoms with Gasteiger partial charge in [0.1, 0.15) is 0 Å². The minimum absolute atomic E-state index is 0.168. The summed E-state index contributed by atoms with van der Waals surface area (Å²) in [6.07, 6.45) is 0. The predicted molar refractivity (Wildman–Crippen MR) is 46.2 cm³/mol. The van der Waals surface area contributed by atoms with E-state index in [9.17, 15) is 4.79 Å². The van der Waals surface area contributed by atoms with Crippen molar-refractivity contribution in [3.8, 4) is 0 Å². The maximum absolute atomic E-state index is 11.0. The maximum atomic E-state index is 11.0. The molecule has 1 N–H and O–H groups in total. The van der Waals surface area contributed by atoms with Crippen LogP contribution in [0.25, 0.3) is 0 Å². The van der Waals surface area contributed by atoms with Gasteiger partial charge in [0, 0.05) is 18.2 Å². The fourth-order valence-electron chi connectivity index (χ4n) is 0.420. The summed E-state index contributed by atoms with van der Waals surface area (Å²) in [5, 5.41) is 3.28. The average molecular weight is 161 g/mol. The van der Waals surface area contributed by atoms with Gasteiger partial charge in [0.05, 0.1) is 0 Å². The maximum Gasteiger partial charge on any atom is 0.191 e. The molecule has 0 fully saturated rings.